The Hall–Kier alpha value is -2.75. The number of anilines is 1. The average Bonchev–Trinajstić information content (AvgIpc) is 3.05. The first-order chi connectivity index (χ1) is 15.6. The summed E-state index contributed by atoms with van der Waals surface area (Å²) in [5, 5.41) is 13.3. The van der Waals surface area contributed by atoms with Crippen molar-refractivity contribution in [3.63, 3.8) is 0 Å². The highest BCUT2D eigenvalue weighted by molar-refractivity contribution is 6.11. The fraction of sp³-hybridized carbons (Fsp3) is 0.464. The number of hydrogen-bond acceptors (Lipinski definition) is 4. The van der Waals surface area contributed by atoms with Gasteiger partial charge in [0.15, 0.2) is 5.82 Å². The molecule has 4 nitrogen and oxygen atoms in total. The summed E-state index contributed by atoms with van der Waals surface area (Å²) in [5.41, 5.74) is 1.97. The zero-order chi connectivity index (χ0) is 23.9. The van der Waals surface area contributed by atoms with Crippen molar-refractivity contribution in [3.05, 3.63) is 66.5 Å². The lowest BCUT2D eigenvalue weighted by Crippen LogP contribution is -2.21. The van der Waals surface area contributed by atoms with Crippen LogP contribution in [0.15, 0.2) is 60.7 Å². The van der Waals surface area contributed by atoms with Crippen LogP contribution in [0.3, 0.4) is 0 Å². The Kier molecular flexibility index (Phi) is 12.9. The van der Waals surface area contributed by atoms with Crippen LogP contribution in [-0.4, -0.2) is 21.7 Å². The smallest absolute Gasteiger partial charge is 0.180 e. The molecule has 1 saturated carbocycles. The molecule has 1 aromatic carbocycles. The number of fused-ring (bicyclic) bond motifs is 1. The van der Waals surface area contributed by atoms with Crippen LogP contribution in [0.25, 0.3) is 10.9 Å². The molecule has 0 aliphatic heterocycles. The van der Waals surface area contributed by atoms with Gasteiger partial charge in [-0.05, 0) is 49.8 Å². The van der Waals surface area contributed by atoms with E-state index >= 15 is 0 Å². The monoisotopic (exact) mass is 434 g/mol. The second kappa shape index (κ2) is 15.1. The van der Waals surface area contributed by atoms with Crippen molar-refractivity contribution in [1.82, 2.24) is 9.97 Å². The van der Waals surface area contributed by atoms with E-state index in [2.05, 4.69) is 29.9 Å². The molecule has 1 aliphatic carbocycles. The summed E-state index contributed by atoms with van der Waals surface area (Å²) in [4.78, 5) is 9.43. The lowest BCUT2D eigenvalue weighted by molar-refractivity contribution is 0.502. The average molecular weight is 435 g/mol. The third-order valence-electron chi connectivity index (χ3n) is 5.44. The highest BCUT2D eigenvalue weighted by Gasteiger charge is 2.19. The van der Waals surface area contributed by atoms with Crippen molar-refractivity contribution in [1.29, 1.82) is 5.41 Å². The lowest BCUT2D eigenvalue weighted by Gasteiger charge is -2.19. The van der Waals surface area contributed by atoms with Crippen LogP contribution in [-0.2, 0) is 0 Å². The number of rotatable bonds is 6. The number of benzene rings is 1. The summed E-state index contributed by atoms with van der Waals surface area (Å²) >= 11 is 0. The zero-order valence-corrected chi connectivity index (χ0v) is 20.9. The largest absolute Gasteiger partial charge is 0.367 e. The highest BCUT2D eigenvalue weighted by Crippen LogP contribution is 2.27. The van der Waals surface area contributed by atoms with E-state index in [0.29, 0.717) is 17.6 Å². The van der Waals surface area contributed by atoms with Crippen molar-refractivity contribution in [2.75, 3.05) is 5.32 Å². The number of hydrogen-bond donors (Lipinski definition) is 2. The van der Waals surface area contributed by atoms with E-state index in [-0.39, 0.29) is 0 Å². The maximum Gasteiger partial charge on any atom is 0.180 e. The number of para-hydroxylation sites is 1. The van der Waals surface area contributed by atoms with Crippen LogP contribution >= 0.6 is 0 Å². The van der Waals surface area contributed by atoms with Gasteiger partial charge in [0.25, 0.3) is 0 Å². The van der Waals surface area contributed by atoms with E-state index in [4.69, 9.17) is 10.4 Å². The molecule has 174 valence electrons. The van der Waals surface area contributed by atoms with Gasteiger partial charge in [-0.3, -0.25) is 5.41 Å². The van der Waals surface area contributed by atoms with Gasteiger partial charge in [-0.25, -0.2) is 9.97 Å². The number of nitrogens with zero attached hydrogens (tertiary/aromatic N) is 2. The van der Waals surface area contributed by atoms with Crippen LogP contribution in [0.1, 0.15) is 79.5 Å². The van der Waals surface area contributed by atoms with E-state index in [1.54, 1.807) is 6.08 Å². The summed E-state index contributed by atoms with van der Waals surface area (Å²) < 4.78 is 0. The quantitative estimate of drug-likeness (QED) is 0.274. The van der Waals surface area contributed by atoms with Gasteiger partial charge in [0.1, 0.15) is 11.5 Å². The predicted octanol–water partition coefficient (Wildman–Crippen LogP) is 8.12. The van der Waals surface area contributed by atoms with E-state index < -0.39 is 0 Å². The first kappa shape index (κ1) is 27.3. The van der Waals surface area contributed by atoms with Crippen LogP contribution in [0.5, 0.6) is 0 Å². The standard InChI is InChI=1S/C24H30N4.2C2H6/c1-4-6-11-18(5-2)22(25)24-27-21-14-8-7-13-20(21)23(28-24)26-19-12-9-10-17(3)15-16-19;2*1-2/h4-8,11,13-14,17,19,25H,1,9-10,12,15-16H2,2-3H3,(H,26,27,28);2*1-2H3/b11-6-,18-5+,25-22?;;. The van der Waals surface area contributed by atoms with Gasteiger partial charge >= 0.3 is 0 Å². The van der Waals surface area contributed by atoms with Gasteiger partial charge in [-0.15, -0.1) is 0 Å². The van der Waals surface area contributed by atoms with Gasteiger partial charge in [-0.2, -0.15) is 0 Å². The molecule has 2 unspecified atom stereocenters. The molecule has 0 saturated heterocycles. The first-order valence-electron chi connectivity index (χ1n) is 12.2. The maximum atomic E-state index is 8.61. The van der Waals surface area contributed by atoms with E-state index in [1.807, 2.05) is 71.0 Å². The fourth-order valence-electron chi connectivity index (χ4n) is 3.75. The molecule has 3 rings (SSSR count). The fourth-order valence-corrected chi connectivity index (χ4v) is 3.75. The molecule has 1 aromatic heterocycles. The van der Waals surface area contributed by atoms with Gasteiger partial charge in [0.05, 0.1) is 5.52 Å². The Morgan fingerprint density at radius 3 is 2.47 bits per heavy atom. The molecule has 0 bridgehead atoms. The Labute approximate surface area is 195 Å². The first-order valence-corrected chi connectivity index (χ1v) is 12.2. The molecule has 0 spiro atoms. The Morgan fingerprint density at radius 1 is 1.06 bits per heavy atom. The maximum absolute atomic E-state index is 8.61. The summed E-state index contributed by atoms with van der Waals surface area (Å²) in [5.74, 6) is 2.09. The minimum atomic E-state index is 0.323. The summed E-state index contributed by atoms with van der Waals surface area (Å²) in [7, 11) is 0. The van der Waals surface area contributed by atoms with Gasteiger partial charge < -0.3 is 5.32 Å². The Morgan fingerprint density at radius 2 is 1.78 bits per heavy atom. The van der Waals surface area contributed by atoms with Crippen LogP contribution in [0.4, 0.5) is 5.82 Å². The predicted molar refractivity (Wildman–Crippen MR) is 142 cm³/mol. The zero-order valence-electron chi connectivity index (χ0n) is 20.9. The lowest BCUT2D eigenvalue weighted by atomic mass is 10.0. The van der Waals surface area contributed by atoms with Gasteiger partial charge in [0.2, 0.25) is 0 Å². The molecule has 1 aliphatic rings. The van der Waals surface area contributed by atoms with E-state index in [0.717, 1.165) is 41.1 Å². The normalized spacial score (nSPS) is 18.6. The molecule has 2 atom stereocenters. The summed E-state index contributed by atoms with van der Waals surface area (Å²) in [6.45, 7) is 16.0. The van der Waals surface area contributed by atoms with Crippen LogP contribution in [0.2, 0.25) is 0 Å². The second-order valence-electron chi connectivity index (χ2n) is 7.58. The van der Waals surface area contributed by atoms with Crippen LogP contribution in [0, 0.1) is 11.3 Å². The van der Waals surface area contributed by atoms with Crippen molar-refractivity contribution < 1.29 is 0 Å². The van der Waals surface area contributed by atoms with Gasteiger partial charge in [0, 0.05) is 11.4 Å². The minimum Gasteiger partial charge on any atom is -0.367 e. The van der Waals surface area contributed by atoms with Gasteiger partial charge in [-0.1, -0.05) is 90.5 Å². The SMILES string of the molecule is C=C/C=C\C(=C/C)C(=N)c1nc(NC2CCCC(C)CC2)c2ccccc2n1.CC.CC. The van der Waals surface area contributed by atoms with Crippen molar-refractivity contribution in [2.45, 2.75) is 79.7 Å². The number of nitrogens with one attached hydrogen (secondary N) is 2. The Bertz CT molecular complexity index is 911. The molecule has 1 fully saturated rings. The van der Waals surface area contributed by atoms with Crippen molar-refractivity contribution in [2.24, 2.45) is 5.92 Å². The second-order valence-corrected chi connectivity index (χ2v) is 7.58. The highest BCUT2D eigenvalue weighted by atomic mass is 15.1. The van der Waals surface area contributed by atoms with Crippen molar-refractivity contribution >= 4 is 22.4 Å². The third-order valence-corrected chi connectivity index (χ3v) is 5.44. The van der Waals surface area contributed by atoms with Crippen LogP contribution < -0.4 is 5.32 Å². The molecular weight excluding hydrogens is 392 g/mol. The number of aromatic nitrogens is 2. The number of allylic oxidation sites excluding steroid dienone is 5. The van der Waals surface area contributed by atoms with E-state index in [9.17, 15) is 0 Å². The molecule has 2 aromatic rings. The molecular formula is C28H42N4. The summed E-state index contributed by atoms with van der Waals surface area (Å²) in [6, 6.07) is 8.46. The third kappa shape index (κ3) is 7.74. The molecule has 2 N–H and O–H groups in total. The minimum absolute atomic E-state index is 0.323. The Balaban J connectivity index is 0.00000121. The molecule has 4 heteroatoms. The van der Waals surface area contributed by atoms with E-state index in [1.165, 1.54) is 19.3 Å². The topological polar surface area (TPSA) is 61.7 Å². The molecule has 0 amide bonds. The molecule has 0 radical (unpaired) electrons. The summed E-state index contributed by atoms with van der Waals surface area (Å²) in [6.07, 6.45) is 13.4. The molecule has 1 heterocycles. The van der Waals surface area contributed by atoms with Crippen molar-refractivity contribution in [3.8, 4) is 0 Å². The molecule has 32 heavy (non-hydrogen) atoms.